The van der Waals surface area contributed by atoms with Gasteiger partial charge in [-0.2, -0.15) is 0 Å². The number of rotatable bonds is 4. The Morgan fingerprint density at radius 2 is 2.00 bits per heavy atom. The fourth-order valence-electron chi connectivity index (χ4n) is 1.79. The van der Waals surface area contributed by atoms with Crippen molar-refractivity contribution >= 4 is 17.5 Å². The van der Waals surface area contributed by atoms with Gasteiger partial charge in [0.15, 0.2) is 0 Å². The van der Waals surface area contributed by atoms with E-state index >= 15 is 0 Å². The van der Waals surface area contributed by atoms with E-state index in [0.29, 0.717) is 5.88 Å². The highest BCUT2D eigenvalue weighted by Crippen LogP contribution is 2.24. The van der Waals surface area contributed by atoms with Gasteiger partial charge in [-0.05, 0) is 17.7 Å². The Kier molecular flexibility index (Phi) is 3.49. The number of alkyl halides is 1. The van der Waals surface area contributed by atoms with Crippen LogP contribution in [0.2, 0.25) is 0 Å². The standard InChI is InChI=1S/C13H13ClN2O/c14-8-9-3-1-2-4-11(9)12-6-5-10(16-12)7-13(15)17/h1-6,16H,7-8H2,(H2,15,17). The Balaban J connectivity index is 2.33. The largest absolute Gasteiger partial charge is 0.369 e. The van der Waals surface area contributed by atoms with Gasteiger partial charge in [-0.25, -0.2) is 0 Å². The molecule has 1 aromatic carbocycles. The van der Waals surface area contributed by atoms with Gasteiger partial charge in [0.25, 0.3) is 0 Å². The molecule has 1 amide bonds. The summed E-state index contributed by atoms with van der Waals surface area (Å²) in [5.74, 6) is 0.115. The van der Waals surface area contributed by atoms with Gasteiger partial charge < -0.3 is 10.7 Å². The van der Waals surface area contributed by atoms with Gasteiger partial charge in [-0.1, -0.05) is 24.3 Å². The Labute approximate surface area is 105 Å². The van der Waals surface area contributed by atoms with Gasteiger partial charge in [0.2, 0.25) is 5.91 Å². The number of amides is 1. The van der Waals surface area contributed by atoms with E-state index in [0.717, 1.165) is 22.5 Å². The van der Waals surface area contributed by atoms with E-state index in [1.165, 1.54) is 0 Å². The van der Waals surface area contributed by atoms with Crippen LogP contribution in [0.3, 0.4) is 0 Å². The van der Waals surface area contributed by atoms with Crippen LogP contribution in [0.1, 0.15) is 11.3 Å². The first-order chi connectivity index (χ1) is 8.20. The molecule has 0 atom stereocenters. The number of hydrogen-bond acceptors (Lipinski definition) is 1. The predicted octanol–water partition coefficient (Wildman–Crippen LogP) is 2.45. The van der Waals surface area contributed by atoms with Gasteiger partial charge in [0, 0.05) is 22.8 Å². The Bertz CT molecular complexity index is 534. The molecule has 0 radical (unpaired) electrons. The first kappa shape index (κ1) is 11.7. The van der Waals surface area contributed by atoms with Crippen LogP contribution in [0, 0.1) is 0 Å². The molecule has 2 rings (SSSR count). The molecule has 0 saturated heterocycles. The summed E-state index contributed by atoms with van der Waals surface area (Å²) in [6.07, 6.45) is 0.225. The zero-order valence-electron chi connectivity index (χ0n) is 9.24. The molecule has 0 aliphatic rings. The normalized spacial score (nSPS) is 10.4. The average Bonchev–Trinajstić information content (AvgIpc) is 2.76. The smallest absolute Gasteiger partial charge is 0.223 e. The highest BCUT2D eigenvalue weighted by molar-refractivity contribution is 6.17. The Hall–Kier alpha value is -1.74. The zero-order valence-corrected chi connectivity index (χ0v) is 10.00. The van der Waals surface area contributed by atoms with Crippen molar-refractivity contribution in [2.24, 2.45) is 5.73 Å². The van der Waals surface area contributed by atoms with Crippen molar-refractivity contribution in [1.82, 2.24) is 4.98 Å². The number of carbonyl (C=O) groups is 1. The summed E-state index contributed by atoms with van der Waals surface area (Å²) in [4.78, 5) is 14.0. The average molecular weight is 249 g/mol. The van der Waals surface area contributed by atoms with E-state index in [2.05, 4.69) is 4.98 Å². The summed E-state index contributed by atoms with van der Waals surface area (Å²) in [5.41, 5.74) is 9.03. The number of primary amides is 1. The number of H-pyrrole nitrogens is 1. The summed E-state index contributed by atoms with van der Waals surface area (Å²) in [7, 11) is 0. The van der Waals surface area contributed by atoms with Crippen LogP contribution in [0.5, 0.6) is 0 Å². The van der Waals surface area contributed by atoms with Crippen LogP contribution in [-0.4, -0.2) is 10.9 Å². The Morgan fingerprint density at radius 1 is 1.24 bits per heavy atom. The van der Waals surface area contributed by atoms with Crippen molar-refractivity contribution in [3.05, 3.63) is 47.7 Å². The molecule has 4 heteroatoms. The molecule has 3 nitrogen and oxygen atoms in total. The summed E-state index contributed by atoms with van der Waals surface area (Å²) in [6, 6.07) is 11.7. The van der Waals surface area contributed by atoms with Crippen molar-refractivity contribution in [3.8, 4) is 11.3 Å². The maximum Gasteiger partial charge on any atom is 0.223 e. The van der Waals surface area contributed by atoms with Crippen LogP contribution < -0.4 is 5.73 Å². The van der Waals surface area contributed by atoms with Crippen molar-refractivity contribution in [2.75, 3.05) is 0 Å². The van der Waals surface area contributed by atoms with E-state index in [-0.39, 0.29) is 12.3 Å². The number of nitrogens with one attached hydrogen (secondary N) is 1. The van der Waals surface area contributed by atoms with Crippen molar-refractivity contribution < 1.29 is 4.79 Å². The lowest BCUT2D eigenvalue weighted by molar-refractivity contribution is -0.117. The van der Waals surface area contributed by atoms with Gasteiger partial charge in [-0.3, -0.25) is 4.79 Å². The number of carbonyl (C=O) groups excluding carboxylic acids is 1. The van der Waals surface area contributed by atoms with Crippen molar-refractivity contribution in [2.45, 2.75) is 12.3 Å². The fourth-order valence-corrected chi connectivity index (χ4v) is 2.02. The topological polar surface area (TPSA) is 58.9 Å². The van der Waals surface area contributed by atoms with E-state index in [9.17, 15) is 4.79 Å². The summed E-state index contributed by atoms with van der Waals surface area (Å²) in [5, 5.41) is 0. The van der Waals surface area contributed by atoms with Gasteiger partial charge in [-0.15, -0.1) is 11.6 Å². The van der Waals surface area contributed by atoms with Crippen LogP contribution in [-0.2, 0) is 17.1 Å². The fraction of sp³-hybridized carbons (Fsp3) is 0.154. The molecule has 3 N–H and O–H groups in total. The zero-order chi connectivity index (χ0) is 12.3. The monoisotopic (exact) mass is 248 g/mol. The number of aromatic amines is 1. The second kappa shape index (κ2) is 5.06. The van der Waals surface area contributed by atoms with Crippen LogP contribution in [0.25, 0.3) is 11.3 Å². The summed E-state index contributed by atoms with van der Waals surface area (Å²) < 4.78 is 0. The van der Waals surface area contributed by atoms with Gasteiger partial charge in [0.1, 0.15) is 0 Å². The van der Waals surface area contributed by atoms with Crippen molar-refractivity contribution in [3.63, 3.8) is 0 Å². The quantitative estimate of drug-likeness (QED) is 0.803. The summed E-state index contributed by atoms with van der Waals surface area (Å²) >= 11 is 5.89. The van der Waals surface area contributed by atoms with E-state index in [4.69, 9.17) is 17.3 Å². The number of aromatic nitrogens is 1. The molecule has 1 aromatic heterocycles. The third kappa shape index (κ3) is 2.68. The molecule has 0 unspecified atom stereocenters. The molecule has 1 heterocycles. The highest BCUT2D eigenvalue weighted by atomic mass is 35.5. The van der Waals surface area contributed by atoms with Crippen LogP contribution in [0.15, 0.2) is 36.4 Å². The second-order valence-corrected chi connectivity index (χ2v) is 4.10. The van der Waals surface area contributed by atoms with Crippen LogP contribution in [0.4, 0.5) is 0 Å². The minimum absolute atomic E-state index is 0.225. The van der Waals surface area contributed by atoms with Crippen LogP contribution >= 0.6 is 11.6 Å². The van der Waals surface area contributed by atoms with E-state index < -0.39 is 0 Å². The van der Waals surface area contributed by atoms with E-state index in [1.807, 2.05) is 36.4 Å². The molecule has 0 saturated carbocycles. The lowest BCUT2D eigenvalue weighted by atomic mass is 10.1. The van der Waals surface area contributed by atoms with Gasteiger partial charge in [0.05, 0.1) is 6.42 Å². The SMILES string of the molecule is NC(=O)Cc1ccc(-c2ccccc2CCl)[nH]1. The molecule has 0 spiro atoms. The molecule has 0 bridgehead atoms. The van der Waals surface area contributed by atoms with E-state index in [1.54, 1.807) is 0 Å². The Morgan fingerprint density at radius 3 is 2.71 bits per heavy atom. The number of hydrogen-bond donors (Lipinski definition) is 2. The molecule has 0 aliphatic carbocycles. The maximum atomic E-state index is 10.8. The maximum absolute atomic E-state index is 10.8. The molecular formula is C13H13ClN2O. The predicted molar refractivity (Wildman–Crippen MR) is 68.7 cm³/mol. The molecule has 0 fully saturated rings. The minimum Gasteiger partial charge on any atom is -0.369 e. The first-order valence-corrected chi connectivity index (χ1v) is 5.84. The second-order valence-electron chi connectivity index (χ2n) is 3.83. The molecule has 2 aromatic rings. The molecule has 88 valence electrons. The highest BCUT2D eigenvalue weighted by Gasteiger charge is 2.07. The third-order valence-electron chi connectivity index (χ3n) is 2.56. The number of halogens is 1. The minimum atomic E-state index is -0.343. The van der Waals surface area contributed by atoms with Gasteiger partial charge >= 0.3 is 0 Å². The van der Waals surface area contributed by atoms with Crippen molar-refractivity contribution in [1.29, 1.82) is 0 Å². The number of benzene rings is 1. The first-order valence-electron chi connectivity index (χ1n) is 5.31. The lowest BCUT2D eigenvalue weighted by Crippen LogP contribution is -2.13. The number of nitrogens with two attached hydrogens (primary N) is 1. The third-order valence-corrected chi connectivity index (χ3v) is 2.85. The molecule has 17 heavy (non-hydrogen) atoms. The molecular weight excluding hydrogens is 236 g/mol. The lowest BCUT2D eigenvalue weighted by Gasteiger charge is -2.04. The summed E-state index contributed by atoms with van der Waals surface area (Å²) in [6.45, 7) is 0. The molecule has 0 aliphatic heterocycles.